The predicted octanol–water partition coefficient (Wildman–Crippen LogP) is 11.7. The third kappa shape index (κ3) is 3.46. The van der Waals surface area contributed by atoms with Crippen LogP contribution < -0.4 is 9.47 Å². The second-order valence-corrected chi connectivity index (χ2v) is 12.8. The van der Waals surface area contributed by atoms with E-state index in [1.165, 1.54) is 21.5 Å². The van der Waals surface area contributed by atoms with Crippen LogP contribution >= 0.6 is 0 Å². The van der Waals surface area contributed by atoms with Gasteiger partial charge in [0.15, 0.2) is 11.2 Å². The van der Waals surface area contributed by atoms with Crippen LogP contribution in [-0.2, 0) is 0 Å². The van der Waals surface area contributed by atoms with Crippen LogP contribution in [0.15, 0.2) is 142 Å². The van der Waals surface area contributed by atoms with Gasteiger partial charge < -0.3 is 27.4 Å². The molecule has 0 N–H and O–H groups in total. The molecule has 0 saturated carbocycles. The van der Waals surface area contributed by atoms with E-state index in [1.807, 2.05) is 12.1 Å². The smallest absolute Gasteiger partial charge is 0.163 e. The maximum absolute atomic E-state index is 6.86. The molecule has 4 heterocycles. The Morgan fingerprint density at radius 3 is 1.06 bits per heavy atom. The van der Waals surface area contributed by atoms with Crippen molar-refractivity contribution in [2.24, 2.45) is 0 Å². The number of hydrogen-bond donors (Lipinski definition) is 0. The number of ether oxygens (including phenoxy) is 2. The third-order valence-electron chi connectivity index (χ3n) is 10.3. The van der Waals surface area contributed by atoms with E-state index in [4.69, 9.17) is 18.3 Å². The Hall–Kier alpha value is -6.66. The van der Waals surface area contributed by atoms with Crippen LogP contribution in [-0.4, -0.2) is 23.4 Å². The highest BCUT2D eigenvalue weighted by Gasteiger charge is 2.25. The van der Waals surface area contributed by atoms with E-state index < -0.39 is 0 Å². The fourth-order valence-corrected chi connectivity index (χ4v) is 8.19. The van der Waals surface area contributed by atoms with Crippen LogP contribution in [0.2, 0.25) is 0 Å². The predicted molar refractivity (Wildman–Crippen MR) is 203 cm³/mol. The molecule has 6 nitrogen and oxygen atoms in total. The summed E-state index contributed by atoms with van der Waals surface area (Å²) in [6.07, 6.45) is 0. The lowest BCUT2D eigenvalue weighted by Gasteiger charge is -2.13. The summed E-state index contributed by atoms with van der Waals surface area (Å²) in [5.41, 5.74) is 9.18. The minimum atomic E-state index is 0.736. The van der Waals surface area contributed by atoms with Crippen molar-refractivity contribution < 1.29 is 18.3 Å². The Bertz CT molecular complexity index is 2870. The van der Waals surface area contributed by atoms with E-state index in [1.54, 1.807) is 14.2 Å². The largest absolute Gasteiger partial charge is 0.494 e. The van der Waals surface area contributed by atoms with Crippen molar-refractivity contribution in [3.05, 3.63) is 133 Å². The topological polar surface area (TPSA) is 54.6 Å². The lowest BCUT2D eigenvalue weighted by Crippen LogP contribution is -1.98. The highest BCUT2D eigenvalue weighted by atomic mass is 16.5. The number of para-hydroxylation sites is 4. The van der Waals surface area contributed by atoms with Crippen LogP contribution in [0.3, 0.4) is 0 Å². The Labute approximate surface area is 284 Å². The molecule has 11 aromatic rings. The molecule has 0 amide bonds. The van der Waals surface area contributed by atoms with Gasteiger partial charge in [0, 0.05) is 43.1 Å². The van der Waals surface area contributed by atoms with Gasteiger partial charge in [0.25, 0.3) is 0 Å². The van der Waals surface area contributed by atoms with E-state index in [0.717, 1.165) is 88.8 Å². The van der Waals surface area contributed by atoms with Gasteiger partial charge in [-0.3, -0.25) is 0 Å². The maximum atomic E-state index is 6.86. The zero-order valence-electron chi connectivity index (χ0n) is 27.2. The van der Waals surface area contributed by atoms with Crippen LogP contribution in [0.1, 0.15) is 0 Å². The van der Waals surface area contributed by atoms with Crippen LogP contribution in [0, 0.1) is 0 Å². The molecule has 50 heavy (non-hydrogen) atoms. The Morgan fingerprint density at radius 1 is 0.380 bits per heavy atom. The molecular weight excluding hydrogens is 620 g/mol. The zero-order valence-corrected chi connectivity index (χ0v) is 27.2. The van der Waals surface area contributed by atoms with Crippen molar-refractivity contribution >= 4 is 87.5 Å². The molecule has 0 unspecified atom stereocenters. The fourth-order valence-electron chi connectivity index (χ4n) is 8.19. The lowest BCUT2D eigenvalue weighted by atomic mass is 10.1. The molecule has 0 radical (unpaired) electrons. The molecule has 0 bridgehead atoms. The molecule has 0 aliphatic carbocycles. The summed E-state index contributed by atoms with van der Waals surface area (Å²) < 4.78 is 30.3. The number of methoxy groups -OCH3 is 2. The molecule has 11 rings (SSSR count). The minimum absolute atomic E-state index is 0.736. The molecule has 7 aromatic carbocycles. The molecular formula is C44H28N2O4. The number of hydrogen-bond acceptors (Lipinski definition) is 4. The standard InChI is InChI=1S/C44H28N2O4/c1-47-37-21-19-29-31-23-40-32(24-39(31)49-43(29)41(37)45-33-15-7-3-11-25(33)26-12-4-8-16-34(26)45)30-20-22-38(48-2)42(44(30)50-40)46-35-17-9-5-13-27(35)28-14-6-10-18-36(28)46/h3-24H,1-2H3. The van der Waals surface area contributed by atoms with E-state index in [2.05, 4.69) is 130 Å². The molecule has 0 saturated heterocycles. The van der Waals surface area contributed by atoms with E-state index in [9.17, 15) is 0 Å². The summed E-state index contributed by atoms with van der Waals surface area (Å²) >= 11 is 0. The number of nitrogens with zero attached hydrogens (tertiary/aromatic N) is 2. The highest BCUT2D eigenvalue weighted by molar-refractivity contribution is 6.19. The fraction of sp³-hybridized carbons (Fsp3) is 0.0455. The van der Waals surface area contributed by atoms with Crippen LogP contribution in [0.5, 0.6) is 11.5 Å². The first-order valence-corrected chi connectivity index (χ1v) is 16.7. The van der Waals surface area contributed by atoms with E-state index in [-0.39, 0.29) is 0 Å². The number of benzene rings is 7. The summed E-state index contributed by atoms with van der Waals surface area (Å²) in [6, 6.07) is 46.4. The zero-order chi connectivity index (χ0) is 33.1. The first-order valence-electron chi connectivity index (χ1n) is 16.7. The van der Waals surface area contributed by atoms with Gasteiger partial charge in [-0.1, -0.05) is 72.8 Å². The van der Waals surface area contributed by atoms with Gasteiger partial charge in [0.05, 0.1) is 36.3 Å². The van der Waals surface area contributed by atoms with Crippen molar-refractivity contribution in [1.82, 2.24) is 9.13 Å². The van der Waals surface area contributed by atoms with Gasteiger partial charge in [-0.05, 0) is 60.7 Å². The Balaban J connectivity index is 1.22. The van der Waals surface area contributed by atoms with Gasteiger partial charge in [-0.15, -0.1) is 0 Å². The maximum Gasteiger partial charge on any atom is 0.163 e. The summed E-state index contributed by atoms with van der Waals surface area (Å²) in [5, 5.41) is 8.63. The first-order chi connectivity index (χ1) is 24.7. The highest BCUT2D eigenvalue weighted by Crippen LogP contribution is 2.46. The van der Waals surface area contributed by atoms with E-state index >= 15 is 0 Å². The van der Waals surface area contributed by atoms with Crippen molar-refractivity contribution in [3.63, 3.8) is 0 Å². The van der Waals surface area contributed by atoms with Gasteiger partial charge in [-0.25, -0.2) is 0 Å². The van der Waals surface area contributed by atoms with Gasteiger partial charge in [-0.2, -0.15) is 0 Å². The number of rotatable bonds is 4. The minimum Gasteiger partial charge on any atom is -0.494 e. The second-order valence-electron chi connectivity index (χ2n) is 12.8. The number of aromatic nitrogens is 2. The average Bonchev–Trinajstić information content (AvgIpc) is 3.91. The molecule has 0 aliphatic rings. The van der Waals surface area contributed by atoms with Crippen molar-refractivity contribution in [2.75, 3.05) is 14.2 Å². The summed E-state index contributed by atoms with van der Waals surface area (Å²) in [7, 11) is 3.42. The molecule has 4 aromatic heterocycles. The molecule has 0 aliphatic heterocycles. The molecule has 238 valence electrons. The van der Waals surface area contributed by atoms with Crippen LogP contribution in [0.4, 0.5) is 0 Å². The summed E-state index contributed by atoms with van der Waals surface area (Å²) in [6.45, 7) is 0. The molecule has 0 spiro atoms. The molecule has 0 atom stereocenters. The van der Waals surface area contributed by atoms with Crippen molar-refractivity contribution in [1.29, 1.82) is 0 Å². The van der Waals surface area contributed by atoms with Gasteiger partial charge >= 0.3 is 0 Å². The Morgan fingerprint density at radius 2 is 0.720 bits per heavy atom. The van der Waals surface area contributed by atoms with Gasteiger partial charge in [0.1, 0.15) is 34.0 Å². The monoisotopic (exact) mass is 648 g/mol. The number of fused-ring (bicyclic) bond motifs is 12. The first kappa shape index (κ1) is 27.3. The quantitative estimate of drug-likeness (QED) is 0.191. The normalized spacial score (nSPS) is 12.2. The van der Waals surface area contributed by atoms with Crippen molar-refractivity contribution in [3.8, 4) is 22.9 Å². The summed E-state index contributed by atoms with van der Waals surface area (Å²) in [5.74, 6) is 1.47. The average molecular weight is 649 g/mol. The summed E-state index contributed by atoms with van der Waals surface area (Å²) in [4.78, 5) is 0. The van der Waals surface area contributed by atoms with Crippen LogP contribution in [0.25, 0.3) is 98.9 Å². The van der Waals surface area contributed by atoms with E-state index in [0.29, 0.717) is 0 Å². The number of furan rings is 2. The third-order valence-corrected chi connectivity index (χ3v) is 10.3. The molecule has 6 heteroatoms. The van der Waals surface area contributed by atoms with Gasteiger partial charge in [0.2, 0.25) is 0 Å². The van der Waals surface area contributed by atoms with Crippen molar-refractivity contribution in [2.45, 2.75) is 0 Å². The molecule has 0 fully saturated rings. The SMILES string of the molecule is COc1ccc2c(oc3cc4c(cc32)oc2c(-n3c5ccccc5c5ccccc53)c(OC)ccc24)c1-n1c2ccccc2c2ccccc21. The second kappa shape index (κ2) is 9.94. The lowest BCUT2D eigenvalue weighted by molar-refractivity contribution is 0.413. The Kier molecular flexibility index (Phi) is 5.43.